The van der Waals surface area contributed by atoms with Crippen LogP contribution in [0.1, 0.15) is 22.3 Å². The van der Waals surface area contributed by atoms with Gasteiger partial charge in [0.05, 0.1) is 0 Å². The molecule has 0 N–H and O–H groups in total. The predicted octanol–water partition coefficient (Wildman–Crippen LogP) is 4.03. The minimum absolute atomic E-state index is 0.0640. The summed E-state index contributed by atoms with van der Waals surface area (Å²) in [6, 6.07) is 12.5. The molecule has 126 valence electrons. The van der Waals surface area contributed by atoms with Gasteiger partial charge in [-0.25, -0.2) is 0 Å². The van der Waals surface area contributed by atoms with Crippen molar-refractivity contribution in [1.82, 2.24) is 0 Å². The van der Waals surface area contributed by atoms with Crippen LogP contribution in [0.3, 0.4) is 0 Å². The van der Waals surface area contributed by atoms with Crippen LogP contribution in [0.15, 0.2) is 36.4 Å². The summed E-state index contributed by atoms with van der Waals surface area (Å²) in [6.07, 6.45) is 1.89. The number of ether oxygens (including phenoxy) is 2. The molecule has 4 rings (SSSR count). The molecule has 3 nitrogen and oxygen atoms in total. The van der Waals surface area contributed by atoms with Gasteiger partial charge in [-0.1, -0.05) is 0 Å². The SMILES string of the molecule is Cc1cccc2c1OC(C[Se](=O)CC1Cc3cccc(C)c3O1)C2. The molecule has 0 aliphatic carbocycles. The van der Waals surface area contributed by atoms with Crippen LogP contribution in [-0.2, 0) is 16.7 Å². The number of benzene rings is 2. The van der Waals surface area contributed by atoms with Crippen LogP contribution < -0.4 is 9.47 Å². The van der Waals surface area contributed by atoms with Crippen LogP contribution in [0.5, 0.6) is 11.5 Å². The van der Waals surface area contributed by atoms with E-state index >= 15 is 0 Å². The molecular formula is C20H22O3Se. The molecule has 0 aromatic heterocycles. The van der Waals surface area contributed by atoms with Gasteiger partial charge < -0.3 is 0 Å². The van der Waals surface area contributed by atoms with Crippen molar-refractivity contribution in [1.29, 1.82) is 0 Å². The second-order valence-electron chi connectivity index (χ2n) is 6.79. The first kappa shape index (κ1) is 15.9. The summed E-state index contributed by atoms with van der Waals surface area (Å²) >= 11 is -1.96. The third-order valence-corrected chi connectivity index (χ3v) is 7.91. The molecule has 2 aromatic carbocycles. The van der Waals surface area contributed by atoms with E-state index in [1.165, 1.54) is 22.3 Å². The Labute approximate surface area is 147 Å². The first-order valence-electron chi connectivity index (χ1n) is 8.45. The van der Waals surface area contributed by atoms with E-state index in [-0.39, 0.29) is 12.2 Å². The summed E-state index contributed by atoms with van der Waals surface area (Å²) in [5, 5.41) is 1.34. The second kappa shape index (κ2) is 6.34. The summed E-state index contributed by atoms with van der Waals surface area (Å²) in [6.45, 7) is 4.14. The van der Waals surface area contributed by atoms with Crippen molar-refractivity contribution in [2.75, 3.05) is 0 Å². The van der Waals surface area contributed by atoms with Gasteiger partial charge in [0.1, 0.15) is 0 Å². The number of rotatable bonds is 4. The van der Waals surface area contributed by atoms with E-state index in [0.717, 1.165) is 24.3 Å². The molecule has 24 heavy (non-hydrogen) atoms. The van der Waals surface area contributed by atoms with Crippen LogP contribution in [0.2, 0.25) is 10.6 Å². The second-order valence-corrected chi connectivity index (χ2v) is 10.0. The van der Waals surface area contributed by atoms with Gasteiger partial charge in [-0.05, 0) is 0 Å². The van der Waals surface area contributed by atoms with E-state index < -0.39 is 13.8 Å². The number of hydrogen-bond acceptors (Lipinski definition) is 3. The standard InChI is InChI=1S/C20H22O3Se/c1-13-5-3-7-15-9-17(22-19(13)15)11-24(21)12-18-10-16-8-4-6-14(2)20(16)23-18/h3-8,17-18H,9-12H2,1-2H3. The Kier molecular flexibility index (Phi) is 4.19. The molecule has 2 aliphatic rings. The quantitative estimate of drug-likeness (QED) is 0.741. The van der Waals surface area contributed by atoms with E-state index in [1.54, 1.807) is 0 Å². The topological polar surface area (TPSA) is 35.5 Å². The zero-order valence-corrected chi connectivity index (χ0v) is 15.8. The van der Waals surface area contributed by atoms with Crippen molar-refractivity contribution in [3.8, 4) is 11.5 Å². The zero-order valence-electron chi connectivity index (χ0n) is 14.1. The molecule has 2 unspecified atom stereocenters. The molecule has 2 aliphatic heterocycles. The summed E-state index contributed by atoms with van der Waals surface area (Å²) in [5.74, 6) is 2.00. The average molecular weight is 389 g/mol. The van der Waals surface area contributed by atoms with Gasteiger partial charge in [-0.3, -0.25) is 0 Å². The summed E-state index contributed by atoms with van der Waals surface area (Å²) in [4.78, 5) is 0. The molecule has 0 saturated carbocycles. The summed E-state index contributed by atoms with van der Waals surface area (Å²) < 4.78 is 24.8. The number of hydrogen-bond donors (Lipinski definition) is 0. The molecule has 0 fully saturated rings. The number of fused-ring (bicyclic) bond motifs is 2. The third kappa shape index (κ3) is 3.01. The Balaban J connectivity index is 1.34. The normalized spacial score (nSPS) is 22.4. The van der Waals surface area contributed by atoms with Gasteiger partial charge in [0.25, 0.3) is 0 Å². The maximum absolute atomic E-state index is 12.7. The molecule has 0 bridgehead atoms. The first-order valence-corrected chi connectivity index (χ1v) is 11.6. The Morgan fingerprint density at radius 3 is 1.75 bits per heavy atom. The van der Waals surface area contributed by atoms with Crippen LogP contribution in [-0.4, -0.2) is 26.0 Å². The van der Waals surface area contributed by atoms with Gasteiger partial charge in [-0.2, -0.15) is 0 Å². The van der Waals surface area contributed by atoms with Gasteiger partial charge in [0, 0.05) is 0 Å². The van der Waals surface area contributed by atoms with Gasteiger partial charge in [0.15, 0.2) is 0 Å². The molecule has 2 atom stereocenters. The average Bonchev–Trinajstić information content (AvgIpc) is 3.12. The van der Waals surface area contributed by atoms with Crippen LogP contribution in [0.25, 0.3) is 0 Å². The van der Waals surface area contributed by atoms with Gasteiger partial charge in [0.2, 0.25) is 0 Å². The van der Waals surface area contributed by atoms with Crippen LogP contribution in [0, 0.1) is 13.8 Å². The van der Waals surface area contributed by atoms with Crippen molar-refractivity contribution in [2.45, 2.75) is 49.5 Å². The first-order chi connectivity index (χ1) is 11.6. The van der Waals surface area contributed by atoms with Crippen LogP contribution in [0.4, 0.5) is 0 Å². The molecule has 0 radical (unpaired) electrons. The van der Waals surface area contributed by atoms with Crippen molar-refractivity contribution in [2.24, 2.45) is 0 Å². The molecular weight excluding hydrogens is 367 g/mol. The predicted molar refractivity (Wildman–Crippen MR) is 94.7 cm³/mol. The van der Waals surface area contributed by atoms with Crippen molar-refractivity contribution >= 4 is 13.8 Å². The Morgan fingerprint density at radius 2 is 1.33 bits per heavy atom. The number of aryl methyl sites for hydroxylation is 2. The van der Waals surface area contributed by atoms with Crippen molar-refractivity contribution < 1.29 is 13.3 Å². The Bertz CT molecular complexity index is 734. The molecule has 2 aromatic rings. The van der Waals surface area contributed by atoms with E-state index in [4.69, 9.17) is 9.47 Å². The van der Waals surface area contributed by atoms with E-state index in [9.17, 15) is 3.83 Å². The minimum atomic E-state index is -1.96. The maximum atomic E-state index is 12.7. The molecule has 2 heterocycles. The third-order valence-electron chi connectivity index (χ3n) is 4.79. The summed E-state index contributed by atoms with van der Waals surface area (Å²) in [7, 11) is 0. The van der Waals surface area contributed by atoms with Crippen LogP contribution >= 0.6 is 0 Å². The van der Waals surface area contributed by atoms with Crippen molar-refractivity contribution in [3.05, 3.63) is 58.7 Å². The number of para-hydroxylation sites is 2. The monoisotopic (exact) mass is 390 g/mol. The van der Waals surface area contributed by atoms with Gasteiger partial charge in [-0.15, -0.1) is 0 Å². The summed E-state index contributed by atoms with van der Waals surface area (Å²) in [5.41, 5.74) is 4.84. The fraction of sp³-hybridized carbons (Fsp3) is 0.400. The van der Waals surface area contributed by atoms with E-state index in [1.807, 2.05) is 0 Å². The molecule has 4 heteroatoms. The zero-order chi connectivity index (χ0) is 16.7. The fourth-order valence-corrected chi connectivity index (χ4v) is 6.47. The van der Waals surface area contributed by atoms with E-state index in [2.05, 4.69) is 50.2 Å². The van der Waals surface area contributed by atoms with Gasteiger partial charge >= 0.3 is 147 Å². The fourth-order valence-electron chi connectivity index (χ4n) is 3.66. The molecule has 0 saturated heterocycles. The molecule has 0 spiro atoms. The molecule has 0 amide bonds. The van der Waals surface area contributed by atoms with Crippen molar-refractivity contribution in [3.63, 3.8) is 0 Å². The Morgan fingerprint density at radius 1 is 0.875 bits per heavy atom. The van der Waals surface area contributed by atoms with E-state index in [0.29, 0.717) is 10.6 Å². The Hall–Kier alpha value is -1.64.